The van der Waals surface area contributed by atoms with Crippen LogP contribution in [0.15, 0.2) is 53.4 Å². The maximum absolute atomic E-state index is 13.2. The van der Waals surface area contributed by atoms with Gasteiger partial charge in [0.1, 0.15) is 5.75 Å². The largest absolute Gasteiger partial charge is 0.495 e. The van der Waals surface area contributed by atoms with Crippen LogP contribution in [0.25, 0.3) is 0 Å². The average Bonchev–Trinajstić information content (AvgIpc) is 2.80. The summed E-state index contributed by atoms with van der Waals surface area (Å²) in [5, 5.41) is 2.70. The number of ether oxygens (including phenoxy) is 1. The lowest BCUT2D eigenvalue weighted by Gasteiger charge is -2.22. The van der Waals surface area contributed by atoms with E-state index in [9.17, 15) is 18.0 Å². The van der Waals surface area contributed by atoms with Gasteiger partial charge in [-0.2, -0.15) is 4.31 Å². The van der Waals surface area contributed by atoms with Crippen molar-refractivity contribution in [3.63, 3.8) is 0 Å². The number of carbonyl (C=O) groups is 2. The average molecular weight is 462 g/mol. The predicted octanol–water partition coefficient (Wildman–Crippen LogP) is 3.22. The van der Waals surface area contributed by atoms with Crippen molar-refractivity contribution in [2.75, 3.05) is 38.6 Å². The molecule has 0 atom stereocenters. The third-order valence-corrected chi connectivity index (χ3v) is 6.82. The van der Waals surface area contributed by atoms with E-state index in [4.69, 9.17) is 4.74 Å². The highest BCUT2D eigenvalue weighted by molar-refractivity contribution is 7.89. The molecule has 8 nitrogen and oxygen atoms in total. The Morgan fingerprint density at radius 1 is 0.969 bits per heavy atom. The molecule has 0 aliphatic carbocycles. The Labute approximate surface area is 190 Å². The van der Waals surface area contributed by atoms with Gasteiger partial charge in [0.05, 0.1) is 24.2 Å². The van der Waals surface area contributed by atoms with Gasteiger partial charge in [0.25, 0.3) is 5.91 Å². The van der Waals surface area contributed by atoms with E-state index < -0.39 is 15.9 Å². The first kappa shape index (κ1) is 25.4. The van der Waals surface area contributed by atoms with E-state index in [1.807, 2.05) is 20.8 Å². The number of benzene rings is 2. The molecule has 0 fully saturated rings. The van der Waals surface area contributed by atoms with Crippen molar-refractivity contribution >= 4 is 27.5 Å². The topological polar surface area (TPSA) is 96.0 Å². The standard InChI is InChI=1S/C23H31N3O5S/c1-5-16-26(17-22(27)24-20-10-8-9-11-21(20)31-4)32(29,30)19-14-12-18(13-15-19)23(28)25(6-2)7-3/h8-15H,5-7,16-17H2,1-4H3,(H,24,27). The molecule has 0 spiro atoms. The zero-order chi connectivity index (χ0) is 23.7. The highest BCUT2D eigenvalue weighted by Crippen LogP contribution is 2.23. The smallest absolute Gasteiger partial charge is 0.253 e. The van der Waals surface area contributed by atoms with Crippen LogP contribution in [0.4, 0.5) is 5.69 Å². The van der Waals surface area contributed by atoms with E-state index in [2.05, 4.69) is 5.32 Å². The number of nitrogens with one attached hydrogen (secondary N) is 1. The summed E-state index contributed by atoms with van der Waals surface area (Å²) in [5.41, 5.74) is 0.886. The quantitative estimate of drug-likeness (QED) is 0.554. The zero-order valence-corrected chi connectivity index (χ0v) is 19.8. The summed E-state index contributed by atoms with van der Waals surface area (Å²) in [6.07, 6.45) is 0.541. The molecule has 2 aromatic rings. The van der Waals surface area contributed by atoms with E-state index in [-0.39, 0.29) is 23.9 Å². The Balaban J connectivity index is 2.21. The number of hydrogen-bond donors (Lipinski definition) is 1. The molecule has 0 radical (unpaired) electrons. The lowest BCUT2D eigenvalue weighted by molar-refractivity contribution is -0.116. The highest BCUT2D eigenvalue weighted by atomic mass is 32.2. The Morgan fingerprint density at radius 2 is 1.59 bits per heavy atom. The van der Waals surface area contributed by atoms with Crippen LogP contribution >= 0.6 is 0 Å². The lowest BCUT2D eigenvalue weighted by atomic mass is 10.2. The Bertz CT molecular complexity index is 1020. The highest BCUT2D eigenvalue weighted by Gasteiger charge is 2.27. The molecule has 2 amide bonds. The first-order chi connectivity index (χ1) is 15.3. The van der Waals surface area contributed by atoms with Gasteiger partial charge >= 0.3 is 0 Å². The number of rotatable bonds is 11. The molecular formula is C23H31N3O5S. The van der Waals surface area contributed by atoms with E-state index in [0.29, 0.717) is 36.5 Å². The van der Waals surface area contributed by atoms with Crippen LogP contribution in [-0.4, -0.2) is 62.7 Å². The molecule has 2 aromatic carbocycles. The van der Waals surface area contributed by atoms with Gasteiger partial charge in [0, 0.05) is 25.2 Å². The molecule has 32 heavy (non-hydrogen) atoms. The molecule has 0 heterocycles. The minimum Gasteiger partial charge on any atom is -0.495 e. The van der Waals surface area contributed by atoms with Gasteiger partial charge < -0.3 is 15.0 Å². The van der Waals surface area contributed by atoms with Gasteiger partial charge in [-0.3, -0.25) is 9.59 Å². The van der Waals surface area contributed by atoms with Gasteiger partial charge in [-0.15, -0.1) is 0 Å². The number of methoxy groups -OCH3 is 1. The Kier molecular flexibility index (Phi) is 9.22. The van der Waals surface area contributed by atoms with Crippen molar-refractivity contribution in [3.8, 4) is 5.75 Å². The van der Waals surface area contributed by atoms with Crippen LogP contribution in [-0.2, 0) is 14.8 Å². The number of carbonyl (C=O) groups excluding carboxylic acids is 2. The number of nitrogens with zero attached hydrogens (tertiary/aromatic N) is 2. The first-order valence-electron chi connectivity index (χ1n) is 10.6. The van der Waals surface area contributed by atoms with Crippen LogP contribution in [0.2, 0.25) is 0 Å². The lowest BCUT2D eigenvalue weighted by Crippen LogP contribution is -2.38. The van der Waals surface area contributed by atoms with E-state index in [0.717, 1.165) is 4.31 Å². The second-order valence-electron chi connectivity index (χ2n) is 7.09. The fourth-order valence-electron chi connectivity index (χ4n) is 3.24. The van der Waals surface area contributed by atoms with E-state index in [1.54, 1.807) is 29.2 Å². The van der Waals surface area contributed by atoms with Crippen molar-refractivity contribution in [2.24, 2.45) is 0 Å². The van der Waals surface area contributed by atoms with Crippen LogP contribution in [0.1, 0.15) is 37.6 Å². The zero-order valence-electron chi connectivity index (χ0n) is 19.0. The maximum Gasteiger partial charge on any atom is 0.253 e. The minimum atomic E-state index is -3.92. The number of amides is 2. The fourth-order valence-corrected chi connectivity index (χ4v) is 4.73. The van der Waals surface area contributed by atoms with E-state index in [1.165, 1.54) is 31.4 Å². The fraction of sp³-hybridized carbons (Fsp3) is 0.391. The van der Waals surface area contributed by atoms with Crippen molar-refractivity contribution in [1.29, 1.82) is 0 Å². The summed E-state index contributed by atoms with van der Waals surface area (Å²) in [7, 11) is -2.43. The summed E-state index contributed by atoms with van der Waals surface area (Å²) in [6.45, 7) is 6.60. The van der Waals surface area contributed by atoms with Crippen LogP contribution < -0.4 is 10.1 Å². The van der Waals surface area contributed by atoms with Crippen LogP contribution in [0, 0.1) is 0 Å². The number of para-hydroxylation sites is 2. The van der Waals surface area contributed by atoms with Gasteiger partial charge in [-0.1, -0.05) is 19.1 Å². The number of sulfonamides is 1. The molecule has 0 aliphatic rings. The second-order valence-corrected chi connectivity index (χ2v) is 9.03. The van der Waals surface area contributed by atoms with Gasteiger partial charge in [0.15, 0.2) is 0 Å². The normalized spacial score (nSPS) is 11.3. The third kappa shape index (κ3) is 6.08. The third-order valence-electron chi connectivity index (χ3n) is 4.96. The van der Waals surface area contributed by atoms with Crippen molar-refractivity contribution < 1.29 is 22.7 Å². The maximum atomic E-state index is 13.2. The van der Waals surface area contributed by atoms with Crippen LogP contribution in [0.3, 0.4) is 0 Å². The molecule has 0 aliphatic heterocycles. The number of hydrogen-bond acceptors (Lipinski definition) is 5. The minimum absolute atomic E-state index is 0.0344. The van der Waals surface area contributed by atoms with Crippen molar-refractivity contribution in [2.45, 2.75) is 32.1 Å². The first-order valence-corrected chi connectivity index (χ1v) is 12.0. The van der Waals surface area contributed by atoms with Gasteiger partial charge in [-0.25, -0.2) is 8.42 Å². The molecule has 9 heteroatoms. The molecule has 0 aromatic heterocycles. The Hall–Kier alpha value is -2.91. The molecular weight excluding hydrogens is 430 g/mol. The molecule has 0 bridgehead atoms. The summed E-state index contributed by atoms with van der Waals surface area (Å²) in [4.78, 5) is 26.8. The predicted molar refractivity (Wildman–Crippen MR) is 124 cm³/mol. The van der Waals surface area contributed by atoms with Crippen LogP contribution in [0.5, 0.6) is 5.75 Å². The van der Waals surface area contributed by atoms with E-state index >= 15 is 0 Å². The Morgan fingerprint density at radius 3 is 2.16 bits per heavy atom. The van der Waals surface area contributed by atoms with Gasteiger partial charge in [-0.05, 0) is 56.7 Å². The molecule has 1 N–H and O–H groups in total. The van der Waals surface area contributed by atoms with Gasteiger partial charge in [0.2, 0.25) is 15.9 Å². The number of anilines is 1. The molecule has 2 rings (SSSR count). The summed E-state index contributed by atoms with van der Waals surface area (Å²) in [6, 6.07) is 12.7. The van der Waals surface area contributed by atoms with Crippen molar-refractivity contribution in [3.05, 3.63) is 54.1 Å². The molecule has 0 saturated carbocycles. The summed E-state index contributed by atoms with van der Waals surface area (Å²) < 4.78 is 32.7. The summed E-state index contributed by atoms with van der Waals surface area (Å²) in [5.74, 6) is -0.139. The SMILES string of the molecule is CCCN(CC(=O)Nc1ccccc1OC)S(=O)(=O)c1ccc(C(=O)N(CC)CC)cc1. The second kappa shape index (κ2) is 11.6. The summed E-state index contributed by atoms with van der Waals surface area (Å²) >= 11 is 0. The molecule has 174 valence electrons. The molecule has 0 saturated heterocycles. The molecule has 0 unspecified atom stereocenters. The van der Waals surface area contributed by atoms with Crippen molar-refractivity contribution in [1.82, 2.24) is 9.21 Å². The monoisotopic (exact) mass is 461 g/mol.